The molecular weight excluding hydrogens is 300 g/mol. The molecule has 0 spiro atoms. The second-order valence-corrected chi connectivity index (χ2v) is 5.71. The summed E-state index contributed by atoms with van der Waals surface area (Å²) >= 11 is 5.50. The summed E-state index contributed by atoms with van der Waals surface area (Å²) in [5, 5.41) is 10.7. The molecule has 0 amide bonds. The van der Waals surface area contributed by atoms with Gasteiger partial charge in [-0.1, -0.05) is 12.2 Å². The number of nitro benzene ring substituents is 1. The number of rotatable bonds is 3. The van der Waals surface area contributed by atoms with Crippen LogP contribution in [-0.4, -0.2) is 27.9 Å². The summed E-state index contributed by atoms with van der Waals surface area (Å²) in [6.45, 7) is 1.96. The van der Waals surface area contributed by atoms with Gasteiger partial charge in [-0.15, -0.1) is 0 Å². The van der Waals surface area contributed by atoms with Crippen molar-refractivity contribution in [3.8, 4) is 11.3 Å². The lowest BCUT2D eigenvalue weighted by Gasteiger charge is -2.27. The lowest BCUT2D eigenvalue weighted by atomic mass is 10.1. The Labute approximate surface area is 133 Å². The maximum atomic E-state index is 10.7. The zero-order valence-electron chi connectivity index (χ0n) is 12.0. The highest BCUT2D eigenvalue weighted by molar-refractivity contribution is 7.80. The molecule has 1 aliphatic heterocycles. The van der Waals surface area contributed by atoms with Gasteiger partial charge in [-0.05, 0) is 43.5 Å². The van der Waals surface area contributed by atoms with Gasteiger partial charge in [0.1, 0.15) is 10.7 Å². The molecule has 1 aliphatic rings. The molecule has 0 bridgehead atoms. The van der Waals surface area contributed by atoms with Gasteiger partial charge >= 0.3 is 0 Å². The Hall–Kier alpha value is -2.21. The van der Waals surface area contributed by atoms with Crippen LogP contribution in [-0.2, 0) is 0 Å². The molecule has 22 heavy (non-hydrogen) atoms. The fourth-order valence-corrected chi connectivity index (χ4v) is 2.90. The number of nitro groups is 1. The van der Waals surface area contributed by atoms with Gasteiger partial charge in [0.25, 0.3) is 5.69 Å². The molecule has 0 aliphatic carbocycles. The van der Waals surface area contributed by atoms with Gasteiger partial charge in [0.15, 0.2) is 5.76 Å². The fourth-order valence-electron chi connectivity index (χ4n) is 2.61. The van der Waals surface area contributed by atoms with Gasteiger partial charge in [0, 0.05) is 30.8 Å². The van der Waals surface area contributed by atoms with Crippen molar-refractivity contribution in [1.82, 2.24) is 4.90 Å². The van der Waals surface area contributed by atoms with Gasteiger partial charge in [-0.2, -0.15) is 0 Å². The van der Waals surface area contributed by atoms with Crippen molar-refractivity contribution >= 4 is 22.9 Å². The predicted molar refractivity (Wildman–Crippen MR) is 87.9 cm³/mol. The standard InChI is InChI=1S/C16H16N2O3S/c19-18(20)13-6-4-12(5-7-13)14-8-9-15(21-14)16(22)17-10-2-1-3-11-17/h4-9H,1-3,10-11H2. The van der Waals surface area contributed by atoms with Crippen molar-refractivity contribution in [2.75, 3.05) is 13.1 Å². The monoisotopic (exact) mass is 316 g/mol. The van der Waals surface area contributed by atoms with E-state index in [1.165, 1.54) is 18.6 Å². The Balaban J connectivity index is 1.78. The summed E-state index contributed by atoms with van der Waals surface area (Å²) in [5.41, 5.74) is 0.873. The Kier molecular flexibility index (Phi) is 4.20. The van der Waals surface area contributed by atoms with Crippen LogP contribution < -0.4 is 0 Å². The van der Waals surface area contributed by atoms with Crippen molar-refractivity contribution in [2.45, 2.75) is 19.3 Å². The second-order valence-electron chi connectivity index (χ2n) is 5.32. The van der Waals surface area contributed by atoms with Crippen molar-refractivity contribution in [3.05, 3.63) is 52.3 Å². The van der Waals surface area contributed by atoms with Crippen LogP contribution in [0.1, 0.15) is 25.0 Å². The Morgan fingerprint density at radius 3 is 2.41 bits per heavy atom. The Bertz CT molecular complexity index is 688. The van der Waals surface area contributed by atoms with Crippen LogP contribution >= 0.6 is 12.2 Å². The number of non-ortho nitro benzene ring substituents is 1. The first kappa shape index (κ1) is 14.7. The van der Waals surface area contributed by atoms with Crippen molar-refractivity contribution < 1.29 is 9.34 Å². The Morgan fingerprint density at radius 2 is 1.77 bits per heavy atom. The van der Waals surface area contributed by atoms with E-state index in [9.17, 15) is 10.1 Å². The van der Waals surface area contributed by atoms with Crippen LogP contribution in [0.2, 0.25) is 0 Å². The van der Waals surface area contributed by atoms with E-state index < -0.39 is 4.92 Å². The van der Waals surface area contributed by atoms with Gasteiger partial charge in [0.05, 0.1) is 4.92 Å². The second kappa shape index (κ2) is 6.27. The molecule has 1 aromatic carbocycles. The quantitative estimate of drug-likeness (QED) is 0.486. The van der Waals surface area contributed by atoms with Gasteiger partial charge in [-0.3, -0.25) is 10.1 Å². The lowest BCUT2D eigenvalue weighted by molar-refractivity contribution is -0.384. The van der Waals surface area contributed by atoms with Crippen molar-refractivity contribution in [2.24, 2.45) is 0 Å². The number of piperidine rings is 1. The molecule has 5 nitrogen and oxygen atoms in total. The van der Waals surface area contributed by atoms with E-state index in [-0.39, 0.29) is 5.69 Å². The van der Waals surface area contributed by atoms with E-state index in [4.69, 9.17) is 16.6 Å². The molecule has 0 N–H and O–H groups in total. The normalized spacial score (nSPS) is 14.8. The third-order valence-corrected chi connectivity index (χ3v) is 4.28. The van der Waals surface area contributed by atoms with E-state index in [2.05, 4.69) is 4.90 Å². The fraction of sp³-hybridized carbons (Fsp3) is 0.312. The van der Waals surface area contributed by atoms with E-state index in [0.29, 0.717) is 11.5 Å². The van der Waals surface area contributed by atoms with Gasteiger partial charge in [-0.25, -0.2) is 0 Å². The number of hydrogen-bond donors (Lipinski definition) is 0. The number of benzene rings is 1. The molecule has 1 fully saturated rings. The number of furan rings is 1. The summed E-state index contributed by atoms with van der Waals surface area (Å²) in [6, 6.07) is 10.0. The molecule has 114 valence electrons. The topological polar surface area (TPSA) is 59.5 Å². The van der Waals surface area contributed by atoms with Crippen LogP contribution in [0.4, 0.5) is 5.69 Å². The number of nitrogens with zero attached hydrogens (tertiary/aromatic N) is 2. The summed E-state index contributed by atoms with van der Waals surface area (Å²) < 4.78 is 5.83. The van der Waals surface area contributed by atoms with E-state index >= 15 is 0 Å². The average Bonchev–Trinajstić information content (AvgIpc) is 3.05. The maximum Gasteiger partial charge on any atom is 0.269 e. The minimum absolute atomic E-state index is 0.0689. The third-order valence-electron chi connectivity index (χ3n) is 3.82. The largest absolute Gasteiger partial charge is 0.454 e. The lowest BCUT2D eigenvalue weighted by Crippen LogP contribution is -2.34. The molecule has 0 unspecified atom stereocenters. The van der Waals surface area contributed by atoms with Crippen molar-refractivity contribution in [3.63, 3.8) is 0 Å². The first-order valence-electron chi connectivity index (χ1n) is 7.29. The highest BCUT2D eigenvalue weighted by Crippen LogP contribution is 2.26. The van der Waals surface area contributed by atoms with Gasteiger partial charge < -0.3 is 9.32 Å². The third kappa shape index (κ3) is 3.01. The molecule has 0 saturated carbocycles. The smallest absolute Gasteiger partial charge is 0.269 e. The van der Waals surface area contributed by atoms with Crippen LogP contribution in [0.25, 0.3) is 11.3 Å². The first-order valence-corrected chi connectivity index (χ1v) is 7.70. The number of likely N-dealkylation sites (tertiary alicyclic amines) is 1. The first-order chi connectivity index (χ1) is 10.6. The average molecular weight is 316 g/mol. The number of hydrogen-bond acceptors (Lipinski definition) is 4. The van der Waals surface area contributed by atoms with E-state index in [0.717, 1.165) is 36.5 Å². The van der Waals surface area contributed by atoms with Crippen LogP contribution in [0.3, 0.4) is 0 Å². The molecular formula is C16H16N2O3S. The van der Waals surface area contributed by atoms with Crippen molar-refractivity contribution in [1.29, 1.82) is 0 Å². The number of thiocarbonyl (C=S) groups is 1. The van der Waals surface area contributed by atoms with E-state index in [1.807, 2.05) is 12.1 Å². The Morgan fingerprint density at radius 1 is 1.09 bits per heavy atom. The van der Waals surface area contributed by atoms with Crippen LogP contribution in [0, 0.1) is 10.1 Å². The summed E-state index contributed by atoms with van der Waals surface area (Å²) in [5.74, 6) is 1.36. The highest BCUT2D eigenvalue weighted by Gasteiger charge is 2.18. The minimum Gasteiger partial charge on any atom is -0.454 e. The molecule has 1 aromatic heterocycles. The van der Waals surface area contributed by atoms with Crippen LogP contribution in [0.15, 0.2) is 40.8 Å². The van der Waals surface area contributed by atoms with Crippen LogP contribution in [0.5, 0.6) is 0 Å². The molecule has 2 heterocycles. The predicted octanol–water partition coefficient (Wildman–Crippen LogP) is 4.02. The zero-order chi connectivity index (χ0) is 15.5. The molecule has 2 aromatic rings. The van der Waals surface area contributed by atoms with Gasteiger partial charge in [0.2, 0.25) is 0 Å². The molecule has 0 radical (unpaired) electrons. The summed E-state index contributed by atoms with van der Waals surface area (Å²) in [7, 11) is 0. The maximum absolute atomic E-state index is 10.7. The molecule has 1 saturated heterocycles. The summed E-state index contributed by atoms with van der Waals surface area (Å²) in [6.07, 6.45) is 3.58. The molecule has 3 rings (SSSR count). The zero-order valence-corrected chi connectivity index (χ0v) is 12.8. The highest BCUT2D eigenvalue weighted by atomic mass is 32.1. The minimum atomic E-state index is -0.414. The summed E-state index contributed by atoms with van der Waals surface area (Å²) in [4.78, 5) is 13.2. The van der Waals surface area contributed by atoms with E-state index in [1.54, 1.807) is 12.1 Å². The SMILES string of the molecule is O=[N+]([O-])c1ccc(-c2ccc(C(=S)N3CCCCC3)o2)cc1. The molecule has 6 heteroatoms. The molecule has 0 atom stereocenters.